The van der Waals surface area contributed by atoms with Gasteiger partial charge in [0, 0.05) is 12.6 Å². The SMILES string of the molecule is CC(C)CCN(Cc1ccccc1C#N)C1CC1. The predicted octanol–water partition coefficient (Wildman–Crippen LogP) is 3.57. The van der Waals surface area contributed by atoms with Gasteiger partial charge >= 0.3 is 0 Å². The van der Waals surface area contributed by atoms with Gasteiger partial charge < -0.3 is 0 Å². The van der Waals surface area contributed by atoms with Gasteiger partial charge in [-0.3, -0.25) is 4.90 Å². The molecular weight excluding hydrogens is 220 g/mol. The fourth-order valence-electron chi connectivity index (χ4n) is 2.24. The zero-order valence-electron chi connectivity index (χ0n) is 11.4. The molecule has 1 aliphatic rings. The molecule has 96 valence electrons. The van der Waals surface area contributed by atoms with Crippen LogP contribution in [-0.2, 0) is 6.54 Å². The zero-order chi connectivity index (χ0) is 13.0. The predicted molar refractivity (Wildman–Crippen MR) is 74.0 cm³/mol. The molecule has 0 aromatic heterocycles. The maximum Gasteiger partial charge on any atom is 0.0995 e. The quantitative estimate of drug-likeness (QED) is 0.762. The number of nitrogens with zero attached hydrogens (tertiary/aromatic N) is 2. The minimum Gasteiger partial charge on any atom is -0.296 e. The van der Waals surface area contributed by atoms with Crippen LogP contribution >= 0.6 is 0 Å². The lowest BCUT2D eigenvalue weighted by molar-refractivity contribution is 0.239. The van der Waals surface area contributed by atoms with Crippen LogP contribution in [0, 0.1) is 17.2 Å². The van der Waals surface area contributed by atoms with Crippen LogP contribution in [0.4, 0.5) is 0 Å². The van der Waals surface area contributed by atoms with Crippen molar-refractivity contribution in [2.75, 3.05) is 6.54 Å². The molecule has 0 bridgehead atoms. The zero-order valence-corrected chi connectivity index (χ0v) is 11.4. The van der Waals surface area contributed by atoms with Crippen molar-refractivity contribution in [2.45, 2.75) is 45.7 Å². The summed E-state index contributed by atoms with van der Waals surface area (Å²) >= 11 is 0. The summed E-state index contributed by atoms with van der Waals surface area (Å²) in [7, 11) is 0. The lowest BCUT2D eigenvalue weighted by Gasteiger charge is -2.23. The van der Waals surface area contributed by atoms with Crippen molar-refractivity contribution in [2.24, 2.45) is 5.92 Å². The monoisotopic (exact) mass is 242 g/mol. The summed E-state index contributed by atoms with van der Waals surface area (Å²) < 4.78 is 0. The van der Waals surface area contributed by atoms with Crippen molar-refractivity contribution in [3.63, 3.8) is 0 Å². The molecule has 18 heavy (non-hydrogen) atoms. The minimum absolute atomic E-state index is 0.748. The molecule has 1 fully saturated rings. The third-order valence-electron chi connectivity index (χ3n) is 3.57. The highest BCUT2D eigenvalue weighted by molar-refractivity contribution is 5.37. The molecule has 2 heteroatoms. The van der Waals surface area contributed by atoms with Gasteiger partial charge in [0.1, 0.15) is 0 Å². The lowest BCUT2D eigenvalue weighted by Crippen LogP contribution is -2.27. The molecule has 1 aromatic rings. The Morgan fingerprint density at radius 2 is 2.06 bits per heavy atom. The number of benzene rings is 1. The van der Waals surface area contributed by atoms with Crippen molar-refractivity contribution < 1.29 is 0 Å². The summed E-state index contributed by atoms with van der Waals surface area (Å²) in [5.74, 6) is 0.748. The Kier molecular flexibility index (Phi) is 4.38. The summed E-state index contributed by atoms with van der Waals surface area (Å²) in [6.07, 6.45) is 3.89. The van der Waals surface area contributed by atoms with Crippen molar-refractivity contribution >= 4 is 0 Å². The Balaban J connectivity index is 2.02. The highest BCUT2D eigenvalue weighted by atomic mass is 15.2. The van der Waals surface area contributed by atoms with E-state index in [1.54, 1.807) is 0 Å². The maximum atomic E-state index is 9.14. The van der Waals surface area contributed by atoms with Gasteiger partial charge in [0.15, 0.2) is 0 Å². The molecule has 0 N–H and O–H groups in total. The second kappa shape index (κ2) is 6.02. The van der Waals surface area contributed by atoms with Crippen molar-refractivity contribution in [3.8, 4) is 6.07 Å². The first-order valence-corrected chi connectivity index (χ1v) is 6.92. The van der Waals surface area contributed by atoms with E-state index in [1.807, 2.05) is 18.2 Å². The van der Waals surface area contributed by atoms with E-state index in [2.05, 4.69) is 30.9 Å². The van der Waals surface area contributed by atoms with E-state index >= 15 is 0 Å². The fraction of sp³-hybridized carbons (Fsp3) is 0.562. The standard InChI is InChI=1S/C16H22N2/c1-13(2)9-10-18(16-7-8-16)12-15-6-4-3-5-14(15)11-17/h3-6,13,16H,7-10,12H2,1-2H3. The Labute approximate surface area is 110 Å². The van der Waals surface area contributed by atoms with E-state index in [4.69, 9.17) is 5.26 Å². The fourth-order valence-corrected chi connectivity index (χ4v) is 2.24. The molecule has 0 heterocycles. The second-order valence-corrected chi connectivity index (χ2v) is 5.65. The average molecular weight is 242 g/mol. The molecule has 2 nitrogen and oxygen atoms in total. The molecular formula is C16H22N2. The normalized spacial score (nSPS) is 15.1. The molecule has 0 atom stereocenters. The van der Waals surface area contributed by atoms with E-state index < -0.39 is 0 Å². The Morgan fingerprint density at radius 1 is 1.33 bits per heavy atom. The maximum absolute atomic E-state index is 9.14. The van der Waals surface area contributed by atoms with Crippen LogP contribution in [0.2, 0.25) is 0 Å². The van der Waals surface area contributed by atoms with Crippen molar-refractivity contribution in [1.82, 2.24) is 4.90 Å². The number of hydrogen-bond acceptors (Lipinski definition) is 2. The van der Waals surface area contributed by atoms with E-state index in [-0.39, 0.29) is 0 Å². The van der Waals surface area contributed by atoms with Gasteiger partial charge in [0.2, 0.25) is 0 Å². The second-order valence-electron chi connectivity index (χ2n) is 5.65. The average Bonchev–Trinajstić information content (AvgIpc) is 3.19. The molecule has 0 aliphatic heterocycles. The topological polar surface area (TPSA) is 27.0 Å². The smallest absolute Gasteiger partial charge is 0.0995 e. The van der Waals surface area contributed by atoms with Gasteiger partial charge in [-0.2, -0.15) is 5.26 Å². The van der Waals surface area contributed by atoms with E-state index in [0.29, 0.717) is 0 Å². The lowest BCUT2D eigenvalue weighted by atomic mass is 10.1. The number of hydrogen-bond donors (Lipinski definition) is 0. The third kappa shape index (κ3) is 3.58. The Bertz CT molecular complexity index is 427. The van der Waals surface area contributed by atoms with E-state index in [0.717, 1.165) is 30.6 Å². The molecule has 1 aliphatic carbocycles. The molecule has 0 saturated heterocycles. The van der Waals surface area contributed by atoms with Gasteiger partial charge in [-0.25, -0.2) is 0 Å². The first-order chi connectivity index (χ1) is 8.70. The molecule has 0 unspecified atom stereocenters. The van der Waals surface area contributed by atoms with Crippen LogP contribution in [0.25, 0.3) is 0 Å². The molecule has 1 saturated carbocycles. The van der Waals surface area contributed by atoms with Gasteiger partial charge in [0.05, 0.1) is 11.6 Å². The van der Waals surface area contributed by atoms with E-state index in [9.17, 15) is 0 Å². The molecule has 2 rings (SSSR count). The Morgan fingerprint density at radius 3 is 2.67 bits per heavy atom. The molecule has 0 radical (unpaired) electrons. The summed E-state index contributed by atoms with van der Waals surface area (Å²) in [5.41, 5.74) is 2.00. The van der Waals surface area contributed by atoms with Crippen LogP contribution in [-0.4, -0.2) is 17.5 Å². The largest absolute Gasteiger partial charge is 0.296 e. The highest BCUT2D eigenvalue weighted by Crippen LogP contribution is 2.29. The van der Waals surface area contributed by atoms with Crippen LogP contribution in [0.15, 0.2) is 24.3 Å². The summed E-state index contributed by atoms with van der Waals surface area (Å²) in [5, 5.41) is 9.14. The third-order valence-corrected chi connectivity index (χ3v) is 3.57. The van der Waals surface area contributed by atoms with Crippen molar-refractivity contribution in [3.05, 3.63) is 35.4 Å². The van der Waals surface area contributed by atoms with Gasteiger partial charge in [-0.05, 0) is 43.4 Å². The van der Waals surface area contributed by atoms with Gasteiger partial charge in [0.25, 0.3) is 0 Å². The summed E-state index contributed by atoms with van der Waals surface area (Å²) in [4.78, 5) is 2.55. The van der Waals surface area contributed by atoms with Crippen LogP contribution < -0.4 is 0 Å². The molecule has 1 aromatic carbocycles. The Hall–Kier alpha value is -1.33. The number of rotatable bonds is 6. The minimum atomic E-state index is 0.748. The first kappa shape index (κ1) is 13.1. The van der Waals surface area contributed by atoms with Gasteiger partial charge in [-0.15, -0.1) is 0 Å². The first-order valence-electron chi connectivity index (χ1n) is 6.92. The number of nitriles is 1. The summed E-state index contributed by atoms with van der Waals surface area (Å²) in [6.45, 7) is 6.63. The molecule has 0 spiro atoms. The molecule has 0 amide bonds. The van der Waals surface area contributed by atoms with Crippen LogP contribution in [0.3, 0.4) is 0 Å². The highest BCUT2D eigenvalue weighted by Gasteiger charge is 2.29. The van der Waals surface area contributed by atoms with E-state index in [1.165, 1.54) is 24.8 Å². The summed E-state index contributed by atoms with van der Waals surface area (Å²) in [6, 6.07) is 11.0. The van der Waals surface area contributed by atoms with Crippen LogP contribution in [0.1, 0.15) is 44.2 Å². The van der Waals surface area contributed by atoms with Gasteiger partial charge in [-0.1, -0.05) is 32.0 Å². The van der Waals surface area contributed by atoms with Crippen LogP contribution in [0.5, 0.6) is 0 Å². The van der Waals surface area contributed by atoms with Crippen molar-refractivity contribution in [1.29, 1.82) is 5.26 Å².